The second-order valence-electron chi connectivity index (χ2n) is 5.16. The van der Waals surface area contributed by atoms with E-state index >= 15 is 0 Å². The third kappa shape index (κ3) is 2.72. The Morgan fingerprint density at radius 3 is 2.50 bits per heavy atom. The summed E-state index contributed by atoms with van der Waals surface area (Å²) in [5.41, 5.74) is 2.29. The molecular weight excluding hydrogens is 245 g/mol. The number of aromatic nitrogens is 1. The van der Waals surface area contributed by atoms with Crippen LogP contribution in [-0.4, -0.2) is 9.82 Å². The highest BCUT2D eigenvalue weighted by Crippen LogP contribution is 2.28. The Hall–Kier alpha value is -0.960. The number of rotatable bonds is 4. The topological polar surface area (TPSA) is 4.93 Å². The molecule has 1 nitrogen and oxygen atoms in total. The molecule has 98 valence electrons. The second-order valence-corrected chi connectivity index (χ2v) is 6.73. The summed E-state index contributed by atoms with van der Waals surface area (Å²) in [5.74, 6) is 0.817. The van der Waals surface area contributed by atoms with Crippen molar-refractivity contribution >= 4 is 22.7 Å². The monoisotopic (exact) mass is 265 g/mol. The van der Waals surface area contributed by atoms with Gasteiger partial charge in [0.1, 0.15) is 5.82 Å². The van der Waals surface area contributed by atoms with Crippen molar-refractivity contribution in [3.05, 3.63) is 35.8 Å². The molecule has 18 heavy (non-hydrogen) atoms. The fraction of sp³-hybridized carbons (Fsp3) is 0.467. The predicted molar refractivity (Wildman–Crippen MR) is 78.7 cm³/mol. The number of benzene rings is 1. The van der Waals surface area contributed by atoms with Crippen LogP contribution < -0.4 is 0 Å². The number of halogens is 1. The Morgan fingerprint density at radius 1 is 1.17 bits per heavy atom. The van der Waals surface area contributed by atoms with Crippen LogP contribution in [0.15, 0.2) is 24.3 Å². The fourth-order valence-corrected chi connectivity index (χ4v) is 2.95. The molecule has 1 aromatic carbocycles. The predicted octanol–water partition coefficient (Wildman–Crippen LogP) is 5.00. The second kappa shape index (κ2) is 5.35. The summed E-state index contributed by atoms with van der Waals surface area (Å²) in [4.78, 5) is 0. The van der Waals surface area contributed by atoms with Gasteiger partial charge in [-0.1, -0.05) is 13.8 Å². The molecule has 0 fully saturated rings. The molecule has 0 aliphatic heterocycles. The summed E-state index contributed by atoms with van der Waals surface area (Å²) in [6.45, 7) is 8.70. The summed E-state index contributed by atoms with van der Waals surface area (Å²) in [5, 5.41) is 1.74. The van der Waals surface area contributed by atoms with Crippen molar-refractivity contribution in [1.29, 1.82) is 0 Å². The Balaban J connectivity index is 2.48. The number of fused-ring (bicyclic) bond motifs is 1. The van der Waals surface area contributed by atoms with Gasteiger partial charge in [0.25, 0.3) is 0 Å². The Labute approximate surface area is 112 Å². The molecule has 0 aliphatic rings. The lowest BCUT2D eigenvalue weighted by molar-refractivity contribution is 0.599. The third-order valence-corrected chi connectivity index (χ3v) is 4.09. The quantitative estimate of drug-likeness (QED) is 0.753. The van der Waals surface area contributed by atoms with Crippen molar-refractivity contribution in [2.45, 2.75) is 44.7 Å². The number of thioether (sulfide) groups is 1. The van der Waals surface area contributed by atoms with Crippen molar-refractivity contribution in [2.24, 2.45) is 0 Å². The van der Waals surface area contributed by atoms with Gasteiger partial charge in [-0.2, -0.15) is 11.8 Å². The largest absolute Gasteiger partial charge is 0.341 e. The van der Waals surface area contributed by atoms with E-state index in [9.17, 15) is 4.39 Å². The molecule has 2 aromatic rings. The van der Waals surface area contributed by atoms with Crippen LogP contribution in [0.3, 0.4) is 0 Å². The van der Waals surface area contributed by atoms with Gasteiger partial charge in [0.05, 0.1) is 5.52 Å². The average Bonchev–Trinajstić information content (AvgIpc) is 2.63. The van der Waals surface area contributed by atoms with E-state index in [1.807, 2.05) is 17.8 Å². The van der Waals surface area contributed by atoms with E-state index < -0.39 is 0 Å². The zero-order valence-electron chi connectivity index (χ0n) is 11.4. The summed E-state index contributed by atoms with van der Waals surface area (Å²) in [7, 11) is 0. The first-order valence-electron chi connectivity index (χ1n) is 6.40. The van der Waals surface area contributed by atoms with Crippen LogP contribution in [0.5, 0.6) is 0 Å². The number of hydrogen-bond acceptors (Lipinski definition) is 1. The van der Waals surface area contributed by atoms with Gasteiger partial charge in [-0.25, -0.2) is 4.39 Å². The van der Waals surface area contributed by atoms with Crippen molar-refractivity contribution < 1.29 is 4.39 Å². The molecule has 0 unspecified atom stereocenters. The molecule has 1 aromatic heterocycles. The van der Waals surface area contributed by atoms with Crippen molar-refractivity contribution in [1.82, 2.24) is 4.57 Å². The first-order valence-corrected chi connectivity index (χ1v) is 7.45. The minimum atomic E-state index is -0.162. The van der Waals surface area contributed by atoms with E-state index in [-0.39, 0.29) is 5.82 Å². The average molecular weight is 265 g/mol. The van der Waals surface area contributed by atoms with Gasteiger partial charge in [0.2, 0.25) is 0 Å². The van der Waals surface area contributed by atoms with Gasteiger partial charge < -0.3 is 4.57 Å². The van der Waals surface area contributed by atoms with Crippen LogP contribution >= 0.6 is 11.8 Å². The van der Waals surface area contributed by atoms with Crippen LogP contribution in [-0.2, 0) is 5.75 Å². The van der Waals surface area contributed by atoms with Gasteiger partial charge in [0, 0.05) is 22.9 Å². The standard InChI is InChI=1S/C15H20FNS/c1-10(2)17-14(9-18-11(3)4)7-12-5-6-13(16)8-15(12)17/h5-8,10-11H,9H2,1-4H3. The van der Waals surface area contributed by atoms with Gasteiger partial charge >= 0.3 is 0 Å². The van der Waals surface area contributed by atoms with Crippen molar-refractivity contribution in [3.63, 3.8) is 0 Å². The SMILES string of the molecule is CC(C)SCc1cc2ccc(F)cc2n1C(C)C. The van der Waals surface area contributed by atoms with Gasteiger partial charge in [-0.3, -0.25) is 0 Å². The lowest BCUT2D eigenvalue weighted by atomic mass is 10.2. The van der Waals surface area contributed by atoms with E-state index in [4.69, 9.17) is 0 Å². The zero-order chi connectivity index (χ0) is 13.3. The normalized spacial score (nSPS) is 11.9. The maximum atomic E-state index is 13.4. The Kier molecular flexibility index (Phi) is 4.00. The summed E-state index contributed by atoms with van der Waals surface area (Å²) >= 11 is 1.92. The van der Waals surface area contributed by atoms with E-state index in [1.165, 1.54) is 11.8 Å². The fourth-order valence-electron chi connectivity index (χ4n) is 2.22. The van der Waals surface area contributed by atoms with E-state index in [2.05, 4.69) is 38.3 Å². The van der Waals surface area contributed by atoms with Crippen LogP contribution in [0.2, 0.25) is 0 Å². The van der Waals surface area contributed by atoms with Crippen LogP contribution in [0.25, 0.3) is 10.9 Å². The highest BCUT2D eigenvalue weighted by atomic mass is 32.2. The Bertz CT molecular complexity index is 543. The van der Waals surface area contributed by atoms with E-state index in [1.54, 1.807) is 6.07 Å². The molecular formula is C15H20FNS. The number of hydrogen-bond donors (Lipinski definition) is 0. The third-order valence-electron chi connectivity index (χ3n) is 2.96. The lowest BCUT2D eigenvalue weighted by Crippen LogP contribution is -2.05. The lowest BCUT2D eigenvalue weighted by Gasteiger charge is -2.15. The molecule has 0 N–H and O–H groups in total. The summed E-state index contributed by atoms with van der Waals surface area (Å²) in [6, 6.07) is 7.58. The molecule has 0 saturated carbocycles. The molecule has 3 heteroatoms. The molecule has 0 radical (unpaired) electrons. The maximum Gasteiger partial charge on any atom is 0.125 e. The molecule has 1 heterocycles. The van der Waals surface area contributed by atoms with Gasteiger partial charge in [-0.05, 0) is 43.4 Å². The van der Waals surface area contributed by atoms with Crippen LogP contribution in [0.4, 0.5) is 4.39 Å². The minimum Gasteiger partial charge on any atom is -0.341 e. The molecule has 0 aliphatic carbocycles. The van der Waals surface area contributed by atoms with E-state index in [0.717, 1.165) is 16.7 Å². The van der Waals surface area contributed by atoms with Gasteiger partial charge in [-0.15, -0.1) is 0 Å². The summed E-state index contributed by atoms with van der Waals surface area (Å²) < 4.78 is 15.6. The highest BCUT2D eigenvalue weighted by Gasteiger charge is 2.12. The molecule has 0 spiro atoms. The van der Waals surface area contributed by atoms with E-state index in [0.29, 0.717) is 11.3 Å². The Morgan fingerprint density at radius 2 is 1.89 bits per heavy atom. The molecule has 0 atom stereocenters. The smallest absolute Gasteiger partial charge is 0.125 e. The number of nitrogens with zero attached hydrogens (tertiary/aromatic N) is 1. The van der Waals surface area contributed by atoms with Crippen molar-refractivity contribution in [3.8, 4) is 0 Å². The first-order chi connectivity index (χ1) is 8.49. The highest BCUT2D eigenvalue weighted by molar-refractivity contribution is 7.99. The molecule has 0 amide bonds. The molecule has 0 saturated heterocycles. The van der Waals surface area contributed by atoms with Gasteiger partial charge in [0.15, 0.2) is 0 Å². The van der Waals surface area contributed by atoms with Crippen molar-refractivity contribution in [2.75, 3.05) is 0 Å². The molecule has 2 rings (SSSR count). The molecule has 0 bridgehead atoms. The van der Waals surface area contributed by atoms with Crippen LogP contribution in [0, 0.1) is 5.82 Å². The summed E-state index contributed by atoms with van der Waals surface area (Å²) in [6.07, 6.45) is 0. The minimum absolute atomic E-state index is 0.162. The van der Waals surface area contributed by atoms with Crippen LogP contribution in [0.1, 0.15) is 39.4 Å². The zero-order valence-corrected chi connectivity index (χ0v) is 12.2. The first kappa shape index (κ1) is 13.5. The maximum absolute atomic E-state index is 13.4.